The number of ketones is 1. The molecule has 154 valence electrons. The molecule has 0 aliphatic heterocycles. The number of hydrogen-bond donors (Lipinski definition) is 0. The molecule has 2 aromatic rings. The number of Topliss-reactive ketones (excluding diaryl/α,β-unsaturated/α-hetero) is 1. The lowest BCUT2D eigenvalue weighted by Crippen LogP contribution is -2.13. The average Bonchev–Trinajstić information content (AvgIpc) is 2.70. The van der Waals surface area contributed by atoms with Crippen molar-refractivity contribution in [3.63, 3.8) is 0 Å². The number of carbonyl (C=O) groups is 2. The molecule has 0 amide bonds. The molecule has 0 heterocycles. The smallest absolute Gasteiger partial charge is 0.387 e. The third-order valence-corrected chi connectivity index (χ3v) is 3.62. The Bertz CT molecular complexity index is 911. The van der Waals surface area contributed by atoms with Gasteiger partial charge < -0.3 is 18.9 Å². The van der Waals surface area contributed by atoms with Crippen LogP contribution in [0.1, 0.15) is 15.9 Å². The summed E-state index contributed by atoms with van der Waals surface area (Å²) in [6, 6.07) is 7.47. The van der Waals surface area contributed by atoms with E-state index in [1.54, 1.807) is 0 Å². The van der Waals surface area contributed by atoms with Gasteiger partial charge in [-0.15, -0.1) is 0 Å². The first-order chi connectivity index (χ1) is 13.8. The van der Waals surface area contributed by atoms with Crippen LogP contribution < -0.4 is 14.2 Å². The average molecular weight is 410 g/mol. The van der Waals surface area contributed by atoms with Gasteiger partial charge in [0.15, 0.2) is 18.1 Å². The number of halogens is 3. The van der Waals surface area contributed by atoms with E-state index in [-0.39, 0.29) is 22.8 Å². The van der Waals surface area contributed by atoms with Gasteiger partial charge in [-0.25, -0.2) is 9.18 Å². The predicted molar refractivity (Wildman–Crippen MR) is 96.9 cm³/mol. The van der Waals surface area contributed by atoms with E-state index in [9.17, 15) is 22.8 Å². The molecule has 0 spiro atoms. The molecule has 0 N–H and O–H groups in total. The van der Waals surface area contributed by atoms with Crippen molar-refractivity contribution >= 4 is 17.8 Å². The van der Waals surface area contributed by atoms with Gasteiger partial charge in [0.25, 0.3) is 0 Å². The van der Waals surface area contributed by atoms with E-state index in [4.69, 9.17) is 14.2 Å². The molecule has 9 heteroatoms. The topological polar surface area (TPSA) is 71.1 Å². The Morgan fingerprint density at radius 2 is 1.69 bits per heavy atom. The molecule has 29 heavy (non-hydrogen) atoms. The summed E-state index contributed by atoms with van der Waals surface area (Å²) in [5, 5.41) is 0. The summed E-state index contributed by atoms with van der Waals surface area (Å²) >= 11 is 0. The van der Waals surface area contributed by atoms with Gasteiger partial charge in [-0.1, -0.05) is 6.07 Å². The quantitative estimate of drug-likeness (QED) is 0.355. The number of carbonyl (C=O) groups excluding carboxylic acids is 2. The van der Waals surface area contributed by atoms with Crippen LogP contribution in [-0.2, 0) is 9.53 Å². The van der Waals surface area contributed by atoms with Gasteiger partial charge in [0.05, 0.1) is 19.8 Å². The van der Waals surface area contributed by atoms with Crippen molar-refractivity contribution in [2.75, 3.05) is 20.8 Å². The monoisotopic (exact) mass is 410 g/mol. The van der Waals surface area contributed by atoms with Crippen molar-refractivity contribution in [3.8, 4) is 17.2 Å². The Balaban J connectivity index is 1.99. The zero-order chi connectivity index (χ0) is 21.4. The standard InChI is InChI=1S/C20H17F3O6/c1-26-16-7-5-13(21)10-14(16)15(24)11-28-19(25)8-4-12-3-6-17(29-20(22)23)18(9-12)27-2/h3-10,20H,11H2,1-2H3/b8-4+. The molecule has 2 aromatic carbocycles. The SMILES string of the molecule is COc1cc(/C=C/C(=O)OCC(=O)c2cc(F)ccc2OC)ccc1OC(F)F. The summed E-state index contributed by atoms with van der Waals surface area (Å²) in [5.74, 6) is -2.06. The number of hydrogen-bond acceptors (Lipinski definition) is 6. The molecule has 0 unspecified atom stereocenters. The van der Waals surface area contributed by atoms with Gasteiger partial charge >= 0.3 is 12.6 Å². The second-order valence-corrected chi connectivity index (χ2v) is 5.50. The van der Waals surface area contributed by atoms with E-state index in [2.05, 4.69) is 4.74 Å². The highest BCUT2D eigenvalue weighted by molar-refractivity contribution is 6.01. The van der Waals surface area contributed by atoms with Crippen LogP contribution in [0.4, 0.5) is 13.2 Å². The zero-order valence-electron chi connectivity index (χ0n) is 15.5. The summed E-state index contributed by atoms with van der Waals surface area (Å²) in [4.78, 5) is 23.9. The van der Waals surface area contributed by atoms with E-state index in [0.29, 0.717) is 5.56 Å². The number of esters is 1. The molecule has 0 saturated carbocycles. The Morgan fingerprint density at radius 1 is 1.00 bits per heavy atom. The van der Waals surface area contributed by atoms with Crippen LogP contribution in [0.5, 0.6) is 17.2 Å². The summed E-state index contributed by atoms with van der Waals surface area (Å²) in [5.41, 5.74) is 0.391. The minimum atomic E-state index is -3.01. The molecule has 6 nitrogen and oxygen atoms in total. The first-order valence-corrected chi connectivity index (χ1v) is 8.18. The van der Waals surface area contributed by atoms with E-state index >= 15 is 0 Å². The van der Waals surface area contributed by atoms with Crippen LogP contribution in [0, 0.1) is 5.82 Å². The first-order valence-electron chi connectivity index (χ1n) is 8.18. The molecule has 0 fully saturated rings. The van der Waals surface area contributed by atoms with Gasteiger partial charge in [0.1, 0.15) is 11.6 Å². The van der Waals surface area contributed by atoms with Crippen molar-refractivity contribution in [3.05, 3.63) is 59.4 Å². The predicted octanol–water partition coefficient (Wildman–Crippen LogP) is 3.88. The van der Waals surface area contributed by atoms with Crippen LogP contribution in [0.15, 0.2) is 42.5 Å². The molecule has 0 radical (unpaired) electrons. The van der Waals surface area contributed by atoms with Crippen LogP contribution in [0.3, 0.4) is 0 Å². The van der Waals surface area contributed by atoms with Gasteiger partial charge in [-0.05, 0) is 42.0 Å². The summed E-state index contributed by atoms with van der Waals surface area (Å²) in [6.45, 7) is -3.62. The first kappa shape index (κ1) is 21.8. The lowest BCUT2D eigenvalue weighted by molar-refractivity contribution is -0.136. The maximum atomic E-state index is 13.3. The fraction of sp³-hybridized carbons (Fsp3) is 0.200. The molecular formula is C20H17F3O6. The van der Waals surface area contributed by atoms with Crippen LogP contribution in [0.25, 0.3) is 6.08 Å². The summed E-state index contributed by atoms with van der Waals surface area (Å²) < 4.78 is 57.1. The molecule has 0 saturated heterocycles. The van der Waals surface area contributed by atoms with Crippen LogP contribution in [0.2, 0.25) is 0 Å². The number of methoxy groups -OCH3 is 2. The largest absolute Gasteiger partial charge is 0.496 e. The van der Waals surface area contributed by atoms with E-state index < -0.39 is 30.8 Å². The second kappa shape index (κ2) is 10.2. The van der Waals surface area contributed by atoms with Crippen LogP contribution >= 0.6 is 0 Å². The number of ether oxygens (including phenoxy) is 4. The van der Waals surface area contributed by atoms with E-state index in [1.807, 2.05) is 0 Å². The Labute approximate surface area is 164 Å². The highest BCUT2D eigenvalue weighted by Gasteiger charge is 2.15. The van der Waals surface area contributed by atoms with E-state index in [0.717, 1.165) is 18.2 Å². The van der Waals surface area contributed by atoms with Crippen LogP contribution in [-0.4, -0.2) is 39.2 Å². The minimum absolute atomic E-state index is 0.0502. The Morgan fingerprint density at radius 3 is 2.34 bits per heavy atom. The highest BCUT2D eigenvalue weighted by Crippen LogP contribution is 2.29. The van der Waals surface area contributed by atoms with Crippen molar-refractivity contribution in [2.45, 2.75) is 6.61 Å². The molecule has 0 aliphatic rings. The zero-order valence-corrected chi connectivity index (χ0v) is 15.5. The van der Waals surface area contributed by atoms with Crippen molar-refractivity contribution in [1.29, 1.82) is 0 Å². The molecule has 0 bridgehead atoms. The fourth-order valence-corrected chi connectivity index (χ4v) is 2.31. The molecule has 0 atom stereocenters. The molecular weight excluding hydrogens is 393 g/mol. The van der Waals surface area contributed by atoms with Crippen molar-refractivity contribution in [1.82, 2.24) is 0 Å². The third kappa shape index (κ3) is 6.27. The Hall–Kier alpha value is -3.49. The maximum Gasteiger partial charge on any atom is 0.387 e. The molecule has 0 aliphatic carbocycles. The maximum absolute atomic E-state index is 13.3. The fourth-order valence-electron chi connectivity index (χ4n) is 2.31. The Kier molecular flexibility index (Phi) is 7.64. The summed E-state index contributed by atoms with van der Waals surface area (Å²) in [7, 11) is 2.60. The molecule has 2 rings (SSSR count). The third-order valence-electron chi connectivity index (χ3n) is 3.62. The minimum Gasteiger partial charge on any atom is -0.496 e. The van der Waals surface area contributed by atoms with Crippen molar-refractivity contribution < 1.29 is 41.7 Å². The van der Waals surface area contributed by atoms with Gasteiger partial charge in [-0.3, -0.25) is 4.79 Å². The second-order valence-electron chi connectivity index (χ2n) is 5.50. The van der Waals surface area contributed by atoms with Gasteiger partial charge in [0.2, 0.25) is 5.78 Å². The van der Waals surface area contributed by atoms with Gasteiger partial charge in [0, 0.05) is 6.08 Å². The number of benzene rings is 2. The van der Waals surface area contributed by atoms with E-state index in [1.165, 1.54) is 44.6 Å². The van der Waals surface area contributed by atoms with Crippen molar-refractivity contribution in [2.24, 2.45) is 0 Å². The summed E-state index contributed by atoms with van der Waals surface area (Å²) in [6.07, 6.45) is 2.38. The number of rotatable bonds is 9. The number of alkyl halides is 2. The lowest BCUT2D eigenvalue weighted by atomic mass is 10.1. The normalized spacial score (nSPS) is 10.8. The highest BCUT2D eigenvalue weighted by atomic mass is 19.3. The molecule has 0 aromatic heterocycles. The lowest BCUT2D eigenvalue weighted by Gasteiger charge is -2.10. The van der Waals surface area contributed by atoms with Gasteiger partial charge in [-0.2, -0.15) is 8.78 Å².